The van der Waals surface area contributed by atoms with Crippen molar-refractivity contribution in [2.75, 3.05) is 26.3 Å². The van der Waals surface area contributed by atoms with E-state index in [1.165, 1.54) is 0 Å². The van der Waals surface area contributed by atoms with E-state index < -0.39 is 11.7 Å². The van der Waals surface area contributed by atoms with Crippen molar-refractivity contribution in [2.24, 2.45) is 0 Å². The first-order chi connectivity index (χ1) is 14.7. The van der Waals surface area contributed by atoms with Gasteiger partial charge in [0.25, 0.3) is 0 Å². The molecule has 6 heteroatoms. The fraction of sp³-hybridized carbons (Fsp3) is 0.538. The molecule has 0 unspecified atom stereocenters. The molecule has 1 fully saturated rings. The van der Waals surface area contributed by atoms with Gasteiger partial charge in [-0.05, 0) is 57.3 Å². The molecule has 0 bridgehead atoms. The van der Waals surface area contributed by atoms with Gasteiger partial charge in [0.1, 0.15) is 5.75 Å². The van der Waals surface area contributed by atoms with Crippen molar-refractivity contribution in [3.05, 3.63) is 64.2 Å². The molecule has 1 N–H and O–H groups in total. The summed E-state index contributed by atoms with van der Waals surface area (Å²) < 4.78 is 45.0. The number of nitrogens with zero attached hydrogens (tertiary/aromatic N) is 1. The lowest BCUT2D eigenvalue weighted by molar-refractivity contribution is -0.137. The Bertz CT molecular complexity index is 897. The predicted octanol–water partition coefficient (Wildman–Crippen LogP) is 6.43. The van der Waals surface area contributed by atoms with Gasteiger partial charge in [-0.1, -0.05) is 53.7 Å². The summed E-state index contributed by atoms with van der Waals surface area (Å²) in [5.74, 6) is 0.293. The van der Waals surface area contributed by atoms with Crippen molar-refractivity contribution in [3.63, 3.8) is 0 Å². The summed E-state index contributed by atoms with van der Waals surface area (Å²) in [6, 6.07) is 9.25. The lowest BCUT2D eigenvalue weighted by atomic mass is 9.77. The minimum Gasteiger partial charge on any atom is -0.507 e. The van der Waals surface area contributed by atoms with Gasteiger partial charge in [0.05, 0.1) is 24.8 Å². The van der Waals surface area contributed by atoms with Crippen LogP contribution in [0.1, 0.15) is 75.4 Å². The van der Waals surface area contributed by atoms with E-state index in [0.29, 0.717) is 32.1 Å². The van der Waals surface area contributed by atoms with Crippen molar-refractivity contribution in [3.8, 4) is 5.75 Å². The smallest absolute Gasteiger partial charge is 0.416 e. The summed E-state index contributed by atoms with van der Waals surface area (Å²) in [5, 5.41) is 11.1. The maximum atomic E-state index is 13.2. The molecule has 0 amide bonds. The Balaban J connectivity index is 2.21. The number of ether oxygens (including phenoxy) is 1. The number of aromatic hydroxyl groups is 1. The van der Waals surface area contributed by atoms with Crippen LogP contribution >= 0.6 is 0 Å². The van der Waals surface area contributed by atoms with Crippen LogP contribution in [0.15, 0.2) is 36.4 Å². The number of rotatable bonds is 3. The third kappa shape index (κ3) is 5.29. The first-order valence-electron chi connectivity index (χ1n) is 11.1. The van der Waals surface area contributed by atoms with Gasteiger partial charge in [0.15, 0.2) is 0 Å². The molecule has 2 aromatic rings. The van der Waals surface area contributed by atoms with Gasteiger partial charge < -0.3 is 9.84 Å². The summed E-state index contributed by atoms with van der Waals surface area (Å²) in [7, 11) is 0. The molecule has 0 spiro atoms. The maximum absolute atomic E-state index is 13.2. The first-order valence-corrected chi connectivity index (χ1v) is 11.1. The summed E-state index contributed by atoms with van der Waals surface area (Å²) in [6.45, 7) is 14.9. The van der Waals surface area contributed by atoms with Crippen LogP contribution in [0.3, 0.4) is 0 Å². The molecule has 32 heavy (non-hydrogen) atoms. The van der Waals surface area contributed by atoms with E-state index in [1.54, 1.807) is 12.1 Å². The highest BCUT2D eigenvalue weighted by atomic mass is 19.4. The third-order valence-corrected chi connectivity index (χ3v) is 6.03. The Kier molecular flexibility index (Phi) is 6.69. The highest BCUT2D eigenvalue weighted by Gasteiger charge is 2.33. The Morgan fingerprint density at radius 3 is 1.69 bits per heavy atom. The Morgan fingerprint density at radius 1 is 0.812 bits per heavy atom. The number of phenols is 1. The second-order valence-corrected chi connectivity index (χ2v) is 10.6. The SMILES string of the molecule is CC(C)(C)c1cc([C@@H](c2ccc(C(F)(F)F)cc2)N2CCOCC2)cc(C(C)(C)C)c1O. The van der Waals surface area contributed by atoms with E-state index in [1.807, 2.05) is 12.1 Å². The van der Waals surface area contributed by atoms with Crippen LogP contribution in [0.5, 0.6) is 5.75 Å². The number of phenolic OH excluding ortho intramolecular Hbond substituents is 1. The van der Waals surface area contributed by atoms with E-state index in [0.717, 1.165) is 34.4 Å². The second-order valence-electron chi connectivity index (χ2n) is 10.6. The minimum atomic E-state index is -4.37. The summed E-state index contributed by atoms with van der Waals surface area (Å²) in [6.07, 6.45) is -4.37. The number of morpholine rings is 1. The molecule has 0 saturated carbocycles. The fourth-order valence-corrected chi connectivity index (χ4v) is 4.26. The van der Waals surface area contributed by atoms with Gasteiger partial charge in [0, 0.05) is 13.1 Å². The average Bonchev–Trinajstić information content (AvgIpc) is 2.68. The summed E-state index contributed by atoms with van der Waals surface area (Å²) in [4.78, 5) is 2.25. The molecule has 0 radical (unpaired) electrons. The third-order valence-electron chi connectivity index (χ3n) is 6.03. The zero-order chi connectivity index (χ0) is 23.9. The zero-order valence-corrected chi connectivity index (χ0v) is 19.8. The van der Waals surface area contributed by atoms with Crippen molar-refractivity contribution < 1.29 is 23.0 Å². The summed E-state index contributed by atoms with van der Waals surface area (Å²) >= 11 is 0. The van der Waals surface area contributed by atoms with Gasteiger partial charge >= 0.3 is 6.18 Å². The van der Waals surface area contributed by atoms with Crippen LogP contribution in [0.4, 0.5) is 13.2 Å². The van der Waals surface area contributed by atoms with Crippen molar-refractivity contribution >= 4 is 0 Å². The number of alkyl halides is 3. The second kappa shape index (κ2) is 8.71. The molecule has 0 aliphatic carbocycles. The Hall–Kier alpha value is -2.05. The normalized spacial score (nSPS) is 17.4. The molecule has 1 saturated heterocycles. The van der Waals surface area contributed by atoms with Crippen molar-refractivity contribution in [1.82, 2.24) is 4.90 Å². The number of hydrogen-bond donors (Lipinski definition) is 1. The monoisotopic (exact) mass is 449 g/mol. The van der Waals surface area contributed by atoms with Gasteiger partial charge in [-0.15, -0.1) is 0 Å². The molecule has 1 atom stereocenters. The highest BCUT2D eigenvalue weighted by molar-refractivity contribution is 5.52. The maximum Gasteiger partial charge on any atom is 0.416 e. The fourth-order valence-electron chi connectivity index (χ4n) is 4.26. The molecular formula is C26H34F3NO2. The molecule has 0 aromatic heterocycles. The molecule has 1 heterocycles. The van der Waals surface area contributed by atoms with Crippen LogP contribution in [0, 0.1) is 0 Å². The molecule has 3 nitrogen and oxygen atoms in total. The molecule has 1 aliphatic rings. The predicted molar refractivity (Wildman–Crippen MR) is 121 cm³/mol. The molecule has 3 rings (SSSR count). The highest BCUT2D eigenvalue weighted by Crippen LogP contribution is 2.43. The van der Waals surface area contributed by atoms with Crippen LogP contribution in [-0.4, -0.2) is 36.3 Å². The Labute approximate surface area is 189 Å². The van der Waals surface area contributed by atoms with Gasteiger partial charge in [0.2, 0.25) is 0 Å². The quantitative estimate of drug-likeness (QED) is 0.586. The van der Waals surface area contributed by atoms with E-state index in [2.05, 4.69) is 46.4 Å². The minimum absolute atomic E-state index is 0.232. The van der Waals surface area contributed by atoms with E-state index in [9.17, 15) is 18.3 Å². The lowest BCUT2D eigenvalue weighted by Crippen LogP contribution is -2.39. The number of benzene rings is 2. The van der Waals surface area contributed by atoms with Crippen LogP contribution in [0.25, 0.3) is 0 Å². The van der Waals surface area contributed by atoms with Crippen LogP contribution in [-0.2, 0) is 21.7 Å². The summed E-state index contributed by atoms with van der Waals surface area (Å²) in [5.41, 5.74) is 2.20. The van der Waals surface area contributed by atoms with Gasteiger partial charge in [-0.3, -0.25) is 4.90 Å². The van der Waals surface area contributed by atoms with Gasteiger partial charge in [-0.2, -0.15) is 13.2 Å². The molecule has 2 aromatic carbocycles. The lowest BCUT2D eigenvalue weighted by Gasteiger charge is -2.37. The topological polar surface area (TPSA) is 32.7 Å². The number of hydrogen-bond acceptors (Lipinski definition) is 3. The zero-order valence-electron chi connectivity index (χ0n) is 19.8. The van der Waals surface area contributed by atoms with Crippen LogP contribution < -0.4 is 0 Å². The number of halogens is 3. The first kappa shape index (κ1) is 24.6. The van der Waals surface area contributed by atoms with Crippen molar-refractivity contribution in [1.29, 1.82) is 0 Å². The van der Waals surface area contributed by atoms with E-state index >= 15 is 0 Å². The molecule has 1 aliphatic heterocycles. The van der Waals surface area contributed by atoms with Gasteiger partial charge in [-0.25, -0.2) is 0 Å². The molecular weight excluding hydrogens is 415 g/mol. The molecule has 176 valence electrons. The van der Waals surface area contributed by atoms with Crippen LogP contribution in [0.2, 0.25) is 0 Å². The van der Waals surface area contributed by atoms with Crippen molar-refractivity contribution in [2.45, 2.75) is 64.6 Å². The largest absolute Gasteiger partial charge is 0.507 e. The van der Waals surface area contributed by atoms with E-state index in [-0.39, 0.29) is 16.9 Å². The average molecular weight is 450 g/mol. The Morgan fingerprint density at radius 2 is 1.28 bits per heavy atom. The van der Waals surface area contributed by atoms with E-state index in [4.69, 9.17) is 4.74 Å². The standard InChI is InChI=1S/C26H34F3NO2/c1-24(2,3)20-15-18(16-21(23(20)31)25(4,5)6)22(30-11-13-32-14-12-30)17-7-9-19(10-8-17)26(27,28)29/h7-10,15-16,22,31H,11-14H2,1-6H3/t22-/m1/s1.